The van der Waals surface area contributed by atoms with Crippen LogP contribution >= 0.6 is 0 Å². The molecule has 2 aromatic heterocycles. The predicted octanol–water partition coefficient (Wildman–Crippen LogP) is 4.65. The van der Waals surface area contributed by atoms with Crippen molar-refractivity contribution in [1.82, 2.24) is 9.55 Å². The summed E-state index contributed by atoms with van der Waals surface area (Å²) >= 11 is 0. The summed E-state index contributed by atoms with van der Waals surface area (Å²) in [5, 5.41) is 1.33. The van der Waals surface area contributed by atoms with Crippen LogP contribution in [-0.4, -0.2) is 9.55 Å². The van der Waals surface area contributed by atoms with E-state index in [-0.39, 0.29) is 0 Å². The van der Waals surface area contributed by atoms with Crippen molar-refractivity contribution in [3.63, 3.8) is 0 Å². The molecule has 1 aromatic carbocycles. The van der Waals surface area contributed by atoms with Gasteiger partial charge in [0.1, 0.15) is 0 Å². The molecule has 1 unspecified atom stereocenters. The molecule has 0 spiro atoms. The van der Waals surface area contributed by atoms with Gasteiger partial charge in [0.15, 0.2) is 0 Å². The summed E-state index contributed by atoms with van der Waals surface area (Å²) in [7, 11) is 0. The summed E-state index contributed by atoms with van der Waals surface area (Å²) in [6, 6.07) is 13.4. The highest BCUT2D eigenvalue weighted by molar-refractivity contribution is 5.83. The third-order valence-corrected chi connectivity index (χ3v) is 4.64. The van der Waals surface area contributed by atoms with Gasteiger partial charge in [0, 0.05) is 12.4 Å². The first kappa shape index (κ1) is 12.6. The first-order chi connectivity index (χ1) is 10.3. The standard InChI is InChI=1S/C19H20N2/c1-13-6-4-11-20-17(13)19(16-8-9-16)21-12-10-15-7-3-5-14(2)18(15)21/h3-7,10-12,16,19H,8-9H2,1-2H3. The zero-order valence-electron chi connectivity index (χ0n) is 12.6. The number of hydrogen-bond donors (Lipinski definition) is 0. The minimum atomic E-state index is 0.379. The molecule has 4 rings (SSSR count). The number of hydrogen-bond acceptors (Lipinski definition) is 1. The fraction of sp³-hybridized carbons (Fsp3) is 0.316. The first-order valence-electron chi connectivity index (χ1n) is 7.73. The topological polar surface area (TPSA) is 17.8 Å². The molecule has 2 nitrogen and oxygen atoms in total. The van der Waals surface area contributed by atoms with Gasteiger partial charge in [-0.1, -0.05) is 24.3 Å². The zero-order chi connectivity index (χ0) is 14.4. The van der Waals surface area contributed by atoms with Crippen LogP contribution < -0.4 is 0 Å². The van der Waals surface area contributed by atoms with Crippen molar-refractivity contribution in [3.05, 3.63) is 65.6 Å². The third-order valence-electron chi connectivity index (χ3n) is 4.64. The van der Waals surface area contributed by atoms with E-state index in [0.29, 0.717) is 6.04 Å². The molecule has 0 radical (unpaired) electrons. The van der Waals surface area contributed by atoms with E-state index in [1.165, 1.54) is 40.6 Å². The summed E-state index contributed by atoms with van der Waals surface area (Å²) in [6.07, 6.45) is 6.80. The highest BCUT2D eigenvalue weighted by Crippen LogP contribution is 2.45. The molecule has 0 aliphatic heterocycles. The predicted molar refractivity (Wildman–Crippen MR) is 86.5 cm³/mol. The van der Waals surface area contributed by atoms with Crippen LogP contribution in [0.4, 0.5) is 0 Å². The maximum absolute atomic E-state index is 4.71. The normalized spacial score (nSPS) is 16.3. The Balaban J connectivity index is 1.93. The monoisotopic (exact) mass is 276 g/mol. The number of benzene rings is 1. The van der Waals surface area contributed by atoms with Gasteiger partial charge in [-0.15, -0.1) is 0 Å². The van der Waals surface area contributed by atoms with Crippen molar-refractivity contribution < 1.29 is 0 Å². The fourth-order valence-corrected chi connectivity index (χ4v) is 3.44. The molecular weight excluding hydrogens is 256 g/mol. The molecule has 3 aromatic rings. The van der Waals surface area contributed by atoms with Gasteiger partial charge in [0.2, 0.25) is 0 Å². The van der Waals surface area contributed by atoms with Gasteiger partial charge in [-0.25, -0.2) is 0 Å². The van der Waals surface area contributed by atoms with Gasteiger partial charge < -0.3 is 4.57 Å². The van der Waals surface area contributed by atoms with Crippen LogP contribution in [0, 0.1) is 19.8 Å². The molecule has 106 valence electrons. The molecule has 0 amide bonds. The molecule has 2 heterocycles. The van der Waals surface area contributed by atoms with E-state index < -0.39 is 0 Å². The largest absolute Gasteiger partial charge is 0.338 e. The SMILES string of the molecule is Cc1cccnc1C(C1CC1)n1ccc2cccc(C)c21. The van der Waals surface area contributed by atoms with E-state index in [1.807, 2.05) is 12.3 Å². The van der Waals surface area contributed by atoms with Crippen molar-refractivity contribution in [2.45, 2.75) is 32.7 Å². The van der Waals surface area contributed by atoms with Crippen LogP contribution in [0.15, 0.2) is 48.8 Å². The van der Waals surface area contributed by atoms with Crippen molar-refractivity contribution in [2.24, 2.45) is 5.92 Å². The highest BCUT2D eigenvalue weighted by Gasteiger charge is 2.35. The van der Waals surface area contributed by atoms with Gasteiger partial charge in [0.25, 0.3) is 0 Å². The Kier molecular flexibility index (Phi) is 2.85. The van der Waals surface area contributed by atoms with Crippen LogP contribution in [-0.2, 0) is 0 Å². The first-order valence-corrected chi connectivity index (χ1v) is 7.73. The molecular formula is C19H20N2. The second-order valence-corrected chi connectivity index (χ2v) is 6.22. The van der Waals surface area contributed by atoms with Crippen LogP contribution in [0.2, 0.25) is 0 Å². The van der Waals surface area contributed by atoms with E-state index in [0.717, 1.165) is 5.92 Å². The summed E-state index contributed by atoms with van der Waals surface area (Å²) in [4.78, 5) is 4.71. The average Bonchev–Trinajstić information content (AvgIpc) is 3.22. The van der Waals surface area contributed by atoms with Gasteiger partial charge >= 0.3 is 0 Å². The van der Waals surface area contributed by atoms with E-state index in [4.69, 9.17) is 4.98 Å². The Morgan fingerprint density at radius 1 is 1.05 bits per heavy atom. The number of aryl methyl sites for hydroxylation is 2. The molecule has 1 aliphatic carbocycles. The number of fused-ring (bicyclic) bond motifs is 1. The van der Waals surface area contributed by atoms with E-state index in [2.05, 4.69) is 54.9 Å². The summed E-state index contributed by atoms with van der Waals surface area (Å²) in [6.45, 7) is 4.38. The summed E-state index contributed by atoms with van der Waals surface area (Å²) in [5.74, 6) is 0.730. The Bertz CT molecular complexity index is 796. The number of rotatable bonds is 3. The van der Waals surface area contributed by atoms with Crippen LogP contribution in [0.1, 0.15) is 35.7 Å². The minimum absolute atomic E-state index is 0.379. The lowest BCUT2D eigenvalue weighted by Crippen LogP contribution is -2.15. The highest BCUT2D eigenvalue weighted by atomic mass is 15.0. The van der Waals surface area contributed by atoms with Gasteiger partial charge in [-0.3, -0.25) is 4.98 Å². The third kappa shape index (κ3) is 2.06. The molecule has 1 atom stereocenters. The molecule has 0 N–H and O–H groups in total. The second kappa shape index (κ2) is 4.73. The fourth-order valence-electron chi connectivity index (χ4n) is 3.44. The number of aromatic nitrogens is 2. The number of pyridine rings is 1. The number of para-hydroxylation sites is 1. The molecule has 2 heteroatoms. The zero-order valence-corrected chi connectivity index (χ0v) is 12.6. The van der Waals surface area contributed by atoms with E-state index in [9.17, 15) is 0 Å². The molecule has 21 heavy (non-hydrogen) atoms. The van der Waals surface area contributed by atoms with Crippen molar-refractivity contribution >= 4 is 10.9 Å². The Morgan fingerprint density at radius 3 is 2.62 bits per heavy atom. The maximum atomic E-state index is 4.71. The Hall–Kier alpha value is -2.09. The summed E-state index contributed by atoms with van der Waals surface area (Å²) in [5.41, 5.74) is 5.24. The van der Waals surface area contributed by atoms with Crippen molar-refractivity contribution in [1.29, 1.82) is 0 Å². The second-order valence-electron chi connectivity index (χ2n) is 6.22. The van der Waals surface area contributed by atoms with Crippen molar-refractivity contribution in [3.8, 4) is 0 Å². The molecule has 1 fully saturated rings. The molecule has 0 bridgehead atoms. The van der Waals surface area contributed by atoms with Gasteiger partial charge in [-0.2, -0.15) is 0 Å². The van der Waals surface area contributed by atoms with Crippen LogP contribution in [0.3, 0.4) is 0 Å². The lowest BCUT2D eigenvalue weighted by molar-refractivity contribution is 0.519. The lowest BCUT2D eigenvalue weighted by Gasteiger charge is -2.22. The van der Waals surface area contributed by atoms with Gasteiger partial charge in [0.05, 0.1) is 17.3 Å². The lowest BCUT2D eigenvalue weighted by atomic mass is 10.0. The molecule has 1 saturated carbocycles. The molecule has 1 aliphatic rings. The van der Waals surface area contributed by atoms with E-state index in [1.54, 1.807) is 0 Å². The Labute approximate surface area is 125 Å². The smallest absolute Gasteiger partial charge is 0.0788 e. The van der Waals surface area contributed by atoms with E-state index >= 15 is 0 Å². The Morgan fingerprint density at radius 2 is 1.86 bits per heavy atom. The summed E-state index contributed by atoms with van der Waals surface area (Å²) < 4.78 is 2.46. The van der Waals surface area contributed by atoms with Gasteiger partial charge in [-0.05, 0) is 61.3 Å². The van der Waals surface area contributed by atoms with Crippen molar-refractivity contribution in [2.75, 3.05) is 0 Å². The number of nitrogens with zero attached hydrogens (tertiary/aromatic N) is 2. The van der Waals surface area contributed by atoms with Crippen LogP contribution in [0.25, 0.3) is 10.9 Å². The minimum Gasteiger partial charge on any atom is -0.338 e. The quantitative estimate of drug-likeness (QED) is 0.680. The maximum Gasteiger partial charge on any atom is 0.0788 e. The molecule has 0 saturated heterocycles. The van der Waals surface area contributed by atoms with Crippen LogP contribution in [0.5, 0.6) is 0 Å². The average molecular weight is 276 g/mol.